The minimum Gasteiger partial charge on any atom is -0.389 e. The molecule has 0 heterocycles. The molecule has 2 heteroatoms. The minimum atomic E-state index is -0.659. The van der Waals surface area contributed by atoms with Gasteiger partial charge >= 0.3 is 0 Å². The van der Waals surface area contributed by atoms with Crippen LogP contribution in [0.25, 0.3) is 0 Å². The molecule has 2 saturated carbocycles. The molecule has 0 saturated heterocycles. The summed E-state index contributed by atoms with van der Waals surface area (Å²) >= 11 is 0. The molecular formula is C27H34O2. The van der Waals surface area contributed by atoms with Crippen molar-refractivity contribution in [1.29, 1.82) is 0 Å². The number of rotatable bonds is 2. The number of Topliss-reactive ketones (excluding diaryl/α,β-unsaturated/α-hetero) is 1. The monoisotopic (exact) mass is 390 g/mol. The molecule has 0 bridgehead atoms. The normalized spacial score (nSPS) is 41.0. The van der Waals surface area contributed by atoms with Crippen molar-refractivity contribution in [2.45, 2.75) is 77.2 Å². The highest BCUT2D eigenvalue weighted by atomic mass is 16.3. The topological polar surface area (TPSA) is 37.3 Å². The first kappa shape index (κ1) is 19.3. The maximum atomic E-state index is 11.8. The Morgan fingerprint density at radius 1 is 1.03 bits per heavy atom. The minimum absolute atomic E-state index is 0.129. The Morgan fingerprint density at radius 2 is 1.79 bits per heavy atom. The van der Waals surface area contributed by atoms with E-state index in [1.807, 2.05) is 19.1 Å². The average molecular weight is 391 g/mol. The highest BCUT2D eigenvalue weighted by Gasteiger charge is 2.59. The van der Waals surface area contributed by atoms with E-state index in [1.165, 1.54) is 37.7 Å². The van der Waals surface area contributed by atoms with E-state index in [9.17, 15) is 9.90 Å². The molecule has 0 aromatic heterocycles. The van der Waals surface area contributed by atoms with Crippen LogP contribution in [0.4, 0.5) is 0 Å². The molecule has 154 valence electrons. The Hall–Kier alpha value is -1.67. The molecule has 1 aromatic carbocycles. The van der Waals surface area contributed by atoms with Gasteiger partial charge in [0.05, 0.1) is 5.60 Å². The number of benzene rings is 1. The Kier molecular flexibility index (Phi) is 4.44. The number of aliphatic hydroxyl groups is 1. The van der Waals surface area contributed by atoms with Crippen molar-refractivity contribution in [2.24, 2.45) is 23.2 Å². The number of ketones is 1. The predicted molar refractivity (Wildman–Crippen MR) is 117 cm³/mol. The highest BCUT2D eigenvalue weighted by molar-refractivity contribution is 5.94. The van der Waals surface area contributed by atoms with Crippen LogP contribution in [0.3, 0.4) is 0 Å². The molecule has 0 radical (unpaired) electrons. The molecule has 1 aromatic rings. The number of fused-ring (bicyclic) bond motifs is 5. The lowest BCUT2D eigenvalue weighted by Gasteiger charge is -2.57. The van der Waals surface area contributed by atoms with E-state index < -0.39 is 5.60 Å². The van der Waals surface area contributed by atoms with Gasteiger partial charge in [-0.1, -0.05) is 54.5 Å². The van der Waals surface area contributed by atoms with Crippen LogP contribution in [0.15, 0.2) is 47.6 Å². The van der Waals surface area contributed by atoms with Crippen LogP contribution in [-0.2, 0) is 0 Å². The molecule has 2 fully saturated rings. The van der Waals surface area contributed by atoms with Gasteiger partial charge in [0.25, 0.3) is 0 Å². The van der Waals surface area contributed by atoms with Crippen LogP contribution in [0.2, 0.25) is 0 Å². The van der Waals surface area contributed by atoms with Crippen molar-refractivity contribution in [1.82, 2.24) is 0 Å². The zero-order valence-electron chi connectivity index (χ0n) is 18.1. The van der Waals surface area contributed by atoms with Gasteiger partial charge in [-0.25, -0.2) is 0 Å². The van der Waals surface area contributed by atoms with Crippen molar-refractivity contribution in [3.05, 3.63) is 58.7 Å². The molecule has 0 unspecified atom stereocenters. The maximum Gasteiger partial charge on any atom is 0.159 e. The van der Waals surface area contributed by atoms with E-state index in [0.29, 0.717) is 23.7 Å². The lowest BCUT2D eigenvalue weighted by molar-refractivity contribution is -0.0615. The lowest BCUT2D eigenvalue weighted by atomic mass is 9.48. The third-order valence-electron chi connectivity index (χ3n) is 9.06. The van der Waals surface area contributed by atoms with Crippen molar-refractivity contribution < 1.29 is 9.90 Å². The largest absolute Gasteiger partial charge is 0.389 e. The second kappa shape index (κ2) is 6.67. The van der Waals surface area contributed by atoms with Gasteiger partial charge in [-0.3, -0.25) is 4.79 Å². The molecule has 4 aliphatic rings. The Balaban J connectivity index is 1.60. The third-order valence-corrected chi connectivity index (χ3v) is 9.06. The fraction of sp³-hybridized carbons (Fsp3) is 0.593. The second-order valence-electron chi connectivity index (χ2n) is 10.5. The number of hydrogen-bond acceptors (Lipinski definition) is 2. The molecule has 4 aliphatic carbocycles. The summed E-state index contributed by atoms with van der Waals surface area (Å²) in [5.41, 5.74) is 4.61. The summed E-state index contributed by atoms with van der Waals surface area (Å²) in [5, 5.41) is 11.3. The van der Waals surface area contributed by atoms with E-state index in [0.717, 1.165) is 18.4 Å². The highest BCUT2D eigenvalue weighted by Crippen LogP contribution is 2.66. The van der Waals surface area contributed by atoms with Crippen molar-refractivity contribution in [2.75, 3.05) is 0 Å². The average Bonchev–Trinajstić information content (AvgIpc) is 2.96. The number of hydrogen-bond donors (Lipinski definition) is 1. The quantitative estimate of drug-likeness (QED) is 0.481. The molecule has 5 rings (SSSR count). The lowest BCUT2D eigenvalue weighted by Crippen LogP contribution is -2.51. The zero-order chi connectivity index (χ0) is 20.4. The summed E-state index contributed by atoms with van der Waals surface area (Å²) < 4.78 is 0. The first-order valence-electron chi connectivity index (χ1n) is 11.5. The van der Waals surface area contributed by atoms with Crippen LogP contribution in [0.1, 0.15) is 87.6 Å². The van der Waals surface area contributed by atoms with Crippen LogP contribution >= 0.6 is 0 Å². The Morgan fingerprint density at radius 3 is 2.52 bits per heavy atom. The summed E-state index contributed by atoms with van der Waals surface area (Å²) in [6, 6.07) is 8.41. The molecule has 0 spiro atoms. The first-order valence-corrected chi connectivity index (χ1v) is 11.5. The van der Waals surface area contributed by atoms with E-state index in [4.69, 9.17) is 0 Å². The summed E-state index contributed by atoms with van der Waals surface area (Å²) in [4.78, 5) is 11.8. The molecule has 29 heavy (non-hydrogen) atoms. The standard InChI is InChI=1S/C27H34O2/c1-17(28)18-8-10-20(11-9-18)23-16-26(2)24(14-15-27(26,3)29)22-13-12-19-6-4-5-7-21(19)25(22)23/h6,8-11,14,21-23,25,29H,4-5,7,12-13,15-16H2,1-3H3/t21-,22-,23+,25+,26-,27-/m0/s1. The van der Waals surface area contributed by atoms with Gasteiger partial charge in [0.15, 0.2) is 5.78 Å². The summed E-state index contributed by atoms with van der Waals surface area (Å²) in [6.45, 7) is 5.99. The van der Waals surface area contributed by atoms with Gasteiger partial charge in [0.2, 0.25) is 0 Å². The van der Waals surface area contributed by atoms with Gasteiger partial charge in [-0.2, -0.15) is 0 Å². The fourth-order valence-electron chi connectivity index (χ4n) is 7.26. The number of allylic oxidation sites excluding steroid dienone is 2. The summed E-state index contributed by atoms with van der Waals surface area (Å²) in [5.74, 6) is 2.48. The van der Waals surface area contributed by atoms with Gasteiger partial charge in [0.1, 0.15) is 0 Å². The van der Waals surface area contributed by atoms with Crippen molar-refractivity contribution in [3.63, 3.8) is 0 Å². The van der Waals surface area contributed by atoms with Crippen molar-refractivity contribution in [3.8, 4) is 0 Å². The zero-order valence-corrected chi connectivity index (χ0v) is 18.1. The van der Waals surface area contributed by atoms with E-state index in [-0.39, 0.29) is 11.2 Å². The molecule has 6 atom stereocenters. The second-order valence-corrected chi connectivity index (χ2v) is 10.5. The van der Waals surface area contributed by atoms with Crippen LogP contribution in [-0.4, -0.2) is 16.5 Å². The molecule has 1 N–H and O–H groups in total. The Bertz CT molecular complexity index is 888. The number of carbonyl (C=O) groups is 1. The van der Waals surface area contributed by atoms with Crippen LogP contribution in [0.5, 0.6) is 0 Å². The molecular weight excluding hydrogens is 356 g/mol. The van der Waals surface area contributed by atoms with Gasteiger partial charge < -0.3 is 5.11 Å². The summed E-state index contributed by atoms with van der Waals surface area (Å²) in [6.07, 6.45) is 13.1. The smallest absolute Gasteiger partial charge is 0.159 e. The van der Waals surface area contributed by atoms with E-state index >= 15 is 0 Å². The third kappa shape index (κ3) is 2.82. The Labute approximate surface area is 175 Å². The fourth-order valence-corrected chi connectivity index (χ4v) is 7.26. The van der Waals surface area contributed by atoms with Crippen molar-refractivity contribution >= 4 is 5.78 Å². The molecule has 2 nitrogen and oxygen atoms in total. The first-order chi connectivity index (χ1) is 13.8. The molecule has 0 amide bonds. The number of carbonyl (C=O) groups excluding carboxylic acids is 1. The predicted octanol–water partition coefficient (Wildman–Crippen LogP) is 6.22. The maximum absolute atomic E-state index is 11.8. The van der Waals surface area contributed by atoms with Crippen LogP contribution < -0.4 is 0 Å². The van der Waals surface area contributed by atoms with Gasteiger partial charge in [-0.05, 0) is 88.0 Å². The van der Waals surface area contributed by atoms with E-state index in [2.05, 4.69) is 31.2 Å². The summed E-state index contributed by atoms with van der Waals surface area (Å²) in [7, 11) is 0. The van der Waals surface area contributed by atoms with Crippen LogP contribution in [0, 0.1) is 23.2 Å². The van der Waals surface area contributed by atoms with Gasteiger partial charge in [0, 0.05) is 11.0 Å². The van der Waals surface area contributed by atoms with E-state index in [1.54, 1.807) is 18.1 Å². The van der Waals surface area contributed by atoms with Gasteiger partial charge in [-0.15, -0.1) is 0 Å². The molecule has 0 aliphatic heterocycles. The SMILES string of the molecule is CC(=O)c1ccc([C@H]2C[C@@]3(C)C(=CC[C@]3(C)O)[C@@H]3CCC4=CCCC[C@@H]4[C@@H]23)cc1.